The van der Waals surface area contributed by atoms with Crippen molar-refractivity contribution in [1.29, 1.82) is 0 Å². The molecule has 0 unspecified atom stereocenters. The maximum Gasteiger partial charge on any atom is 0.243 e. The zero-order valence-electron chi connectivity index (χ0n) is 18.7. The number of carbonyl (C=O) groups is 1. The molecule has 1 fully saturated rings. The van der Waals surface area contributed by atoms with Gasteiger partial charge < -0.3 is 19.3 Å². The molecule has 1 aliphatic rings. The Kier molecular flexibility index (Phi) is 7.87. The summed E-state index contributed by atoms with van der Waals surface area (Å²) in [5.41, 5.74) is 4.28. The number of aliphatic hydroxyl groups is 1. The highest BCUT2D eigenvalue weighted by Crippen LogP contribution is 2.29. The predicted molar refractivity (Wildman–Crippen MR) is 125 cm³/mol. The standard InChI is InChI=1S/C24H31N5O4/c30-17-18-6-5-7-19(16-18)22-25-23-20(24(26-22)29-12-14-33-15-13-29)9-11-28(23)10-4-2-1-3-8-21(31)27-32/h5-7,9,11,16,30,32H,1-4,8,10,12-15,17H2,(H,27,31). The van der Waals surface area contributed by atoms with E-state index in [0.717, 1.165) is 73.3 Å². The van der Waals surface area contributed by atoms with Gasteiger partial charge in [0.2, 0.25) is 5.91 Å². The summed E-state index contributed by atoms with van der Waals surface area (Å²) < 4.78 is 7.70. The average Bonchev–Trinajstić information content (AvgIpc) is 3.28. The van der Waals surface area contributed by atoms with Crippen molar-refractivity contribution in [2.45, 2.75) is 45.3 Å². The highest BCUT2D eigenvalue weighted by atomic mass is 16.5. The molecule has 0 radical (unpaired) electrons. The van der Waals surface area contributed by atoms with E-state index in [0.29, 0.717) is 25.5 Å². The zero-order chi connectivity index (χ0) is 23.0. The number of rotatable bonds is 10. The Balaban J connectivity index is 1.57. The van der Waals surface area contributed by atoms with Crippen LogP contribution in [0.1, 0.15) is 37.7 Å². The number of nitrogens with zero attached hydrogens (tertiary/aromatic N) is 4. The molecule has 0 atom stereocenters. The first-order valence-corrected chi connectivity index (χ1v) is 11.5. The fourth-order valence-corrected chi connectivity index (χ4v) is 4.16. The van der Waals surface area contributed by atoms with Gasteiger partial charge in [-0.25, -0.2) is 15.4 Å². The highest BCUT2D eigenvalue weighted by molar-refractivity contribution is 5.90. The van der Waals surface area contributed by atoms with Crippen LogP contribution < -0.4 is 10.4 Å². The smallest absolute Gasteiger partial charge is 0.243 e. The summed E-state index contributed by atoms with van der Waals surface area (Å²) in [6.07, 6.45) is 6.06. The van der Waals surface area contributed by atoms with Gasteiger partial charge in [0.25, 0.3) is 0 Å². The first kappa shape index (κ1) is 23.2. The predicted octanol–water partition coefficient (Wildman–Crippen LogP) is 2.88. The Labute approximate surface area is 193 Å². The van der Waals surface area contributed by atoms with Crippen LogP contribution in [0, 0.1) is 0 Å². The Hall–Kier alpha value is -3.01. The van der Waals surface area contributed by atoms with Crippen LogP contribution in [-0.4, -0.2) is 57.1 Å². The average molecular weight is 454 g/mol. The molecule has 1 aliphatic heterocycles. The van der Waals surface area contributed by atoms with Crippen LogP contribution in [0.4, 0.5) is 5.82 Å². The van der Waals surface area contributed by atoms with Crippen LogP contribution in [0.2, 0.25) is 0 Å². The minimum absolute atomic E-state index is 0.0251. The molecule has 3 heterocycles. The zero-order valence-corrected chi connectivity index (χ0v) is 18.7. The molecule has 33 heavy (non-hydrogen) atoms. The number of benzene rings is 1. The normalized spacial score (nSPS) is 14.1. The van der Waals surface area contributed by atoms with E-state index in [1.54, 1.807) is 5.48 Å². The number of aliphatic hydroxyl groups excluding tert-OH is 1. The first-order chi connectivity index (χ1) is 16.2. The maximum absolute atomic E-state index is 11.1. The summed E-state index contributed by atoms with van der Waals surface area (Å²) in [6, 6.07) is 9.79. The van der Waals surface area contributed by atoms with E-state index >= 15 is 0 Å². The number of hydrogen-bond donors (Lipinski definition) is 3. The van der Waals surface area contributed by atoms with Crippen LogP contribution in [0.5, 0.6) is 0 Å². The molecule has 1 aromatic carbocycles. The summed E-state index contributed by atoms with van der Waals surface area (Å²) >= 11 is 0. The fraction of sp³-hybridized carbons (Fsp3) is 0.458. The maximum atomic E-state index is 11.1. The number of anilines is 1. The molecule has 0 spiro atoms. The van der Waals surface area contributed by atoms with Crippen molar-refractivity contribution in [1.82, 2.24) is 20.0 Å². The molecule has 0 saturated carbocycles. The molecular weight excluding hydrogens is 422 g/mol. The number of carbonyl (C=O) groups excluding carboxylic acids is 1. The molecule has 176 valence electrons. The molecule has 1 amide bonds. The van der Waals surface area contributed by atoms with E-state index in [4.69, 9.17) is 19.9 Å². The van der Waals surface area contributed by atoms with E-state index < -0.39 is 0 Å². The van der Waals surface area contributed by atoms with Gasteiger partial charge in [0.15, 0.2) is 5.82 Å². The van der Waals surface area contributed by atoms with Crippen molar-refractivity contribution in [3.8, 4) is 11.4 Å². The van der Waals surface area contributed by atoms with Gasteiger partial charge in [0.1, 0.15) is 11.5 Å². The van der Waals surface area contributed by atoms with Crippen molar-refractivity contribution in [2.24, 2.45) is 0 Å². The van der Waals surface area contributed by atoms with Crippen molar-refractivity contribution in [3.05, 3.63) is 42.1 Å². The second-order valence-corrected chi connectivity index (χ2v) is 8.27. The number of aryl methyl sites for hydroxylation is 1. The monoisotopic (exact) mass is 453 g/mol. The molecule has 2 aromatic heterocycles. The number of nitrogens with one attached hydrogen (secondary N) is 1. The van der Waals surface area contributed by atoms with Gasteiger partial charge in [0, 0.05) is 37.8 Å². The SMILES string of the molecule is O=C(CCCCCCn1ccc2c(N3CCOCC3)nc(-c3cccc(CO)c3)nc21)NO. The number of unbranched alkanes of at least 4 members (excludes halogenated alkanes) is 3. The third kappa shape index (κ3) is 5.68. The Morgan fingerprint density at radius 3 is 2.70 bits per heavy atom. The van der Waals surface area contributed by atoms with Crippen molar-refractivity contribution < 1.29 is 19.8 Å². The molecule has 3 aromatic rings. The molecular formula is C24H31N5O4. The number of amides is 1. The van der Waals surface area contributed by atoms with Gasteiger partial charge in [-0.2, -0.15) is 0 Å². The minimum atomic E-state index is -0.337. The van der Waals surface area contributed by atoms with Crippen molar-refractivity contribution >= 4 is 22.8 Å². The number of fused-ring (bicyclic) bond motifs is 1. The van der Waals surface area contributed by atoms with Crippen LogP contribution in [0.3, 0.4) is 0 Å². The van der Waals surface area contributed by atoms with E-state index in [2.05, 4.69) is 21.7 Å². The number of hydrogen-bond acceptors (Lipinski definition) is 7. The Morgan fingerprint density at radius 2 is 1.91 bits per heavy atom. The largest absolute Gasteiger partial charge is 0.392 e. The van der Waals surface area contributed by atoms with Crippen LogP contribution in [0.25, 0.3) is 22.4 Å². The van der Waals surface area contributed by atoms with Gasteiger partial charge >= 0.3 is 0 Å². The Morgan fingerprint density at radius 1 is 1.09 bits per heavy atom. The number of aromatic nitrogens is 3. The van der Waals surface area contributed by atoms with E-state index in [9.17, 15) is 9.90 Å². The number of ether oxygens (including phenoxy) is 1. The summed E-state index contributed by atoms with van der Waals surface area (Å²) in [5.74, 6) is 1.23. The van der Waals surface area contributed by atoms with Gasteiger partial charge in [-0.15, -0.1) is 0 Å². The summed E-state index contributed by atoms with van der Waals surface area (Å²) in [6.45, 7) is 3.73. The minimum Gasteiger partial charge on any atom is -0.392 e. The third-order valence-corrected chi connectivity index (χ3v) is 5.95. The summed E-state index contributed by atoms with van der Waals surface area (Å²) in [5, 5.41) is 19.2. The molecule has 9 heteroatoms. The lowest BCUT2D eigenvalue weighted by molar-refractivity contribution is -0.129. The van der Waals surface area contributed by atoms with Gasteiger partial charge in [-0.05, 0) is 30.5 Å². The van der Waals surface area contributed by atoms with Crippen LogP contribution in [0.15, 0.2) is 36.5 Å². The second kappa shape index (κ2) is 11.2. The molecule has 1 saturated heterocycles. The molecule has 3 N–H and O–H groups in total. The second-order valence-electron chi connectivity index (χ2n) is 8.27. The van der Waals surface area contributed by atoms with Crippen LogP contribution in [-0.2, 0) is 22.7 Å². The lowest BCUT2D eigenvalue weighted by Crippen LogP contribution is -2.37. The number of hydroxylamine groups is 1. The summed E-state index contributed by atoms with van der Waals surface area (Å²) in [7, 11) is 0. The molecule has 0 aliphatic carbocycles. The van der Waals surface area contributed by atoms with Gasteiger partial charge in [-0.1, -0.05) is 31.0 Å². The molecule has 4 rings (SSSR count). The van der Waals surface area contributed by atoms with Crippen molar-refractivity contribution in [3.63, 3.8) is 0 Å². The van der Waals surface area contributed by atoms with E-state index in [-0.39, 0.29) is 12.5 Å². The highest BCUT2D eigenvalue weighted by Gasteiger charge is 2.20. The van der Waals surface area contributed by atoms with Gasteiger partial charge in [0.05, 0.1) is 25.2 Å². The topological polar surface area (TPSA) is 113 Å². The molecule has 0 bridgehead atoms. The molecule has 9 nitrogen and oxygen atoms in total. The number of morpholine rings is 1. The van der Waals surface area contributed by atoms with Crippen LogP contribution >= 0.6 is 0 Å². The lowest BCUT2D eigenvalue weighted by Gasteiger charge is -2.28. The first-order valence-electron chi connectivity index (χ1n) is 11.5. The van der Waals surface area contributed by atoms with E-state index in [1.165, 1.54) is 0 Å². The van der Waals surface area contributed by atoms with Gasteiger partial charge in [-0.3, -0.25) is 10.0 Å². The summed E-state index contributed by atoms with van der Waals surface area (Å²) in [4.78, 5) is 23.2. The fourth-order valence-electron chi connectivity index (χ4n) is 4.16. The lowest BCUT2D eigenvalue weighted by atomic mass is 10.1. The third-order valence-electron chi connectivity index (χ3n) is 5.95. The Bertz CT molecular complexity index is 1080. The quantitative estimate of drug-likeness (QED) is 0.246. The van der Waals surface area contributed by atoms with E-state index in [1.807, 2.05) is 24.3 Å². The van der Waals surface area contributed by atoms with Crippen molar-refractivity contribution in [2.75, 3.05) is 31.2 Å².